The van der Waals surface area contributed by atoms with Crippen molar-refractivity contribution in [1.29, 1.82) is 0 Å². The molecule has 0 spiro atoms. The van der Waals surface area contributed by atoms with Crippen LogP contribution in [0.15, 0.2) is 36.4 Å². The predicted molar refractivity (Wildman–Crippen MR) is 93.2 cm³/mol. The van der Waals surface area contributed by atoms with Crippen molar-refractivity contribution in [3.8, 4) is 22.6 Å². The first-order chi connectivity index (χ1) is 10.5. The zero-order chi connectivity index (χ0) is 16.1. The van der Waals surface area contributed by atoms with Crippen molar-refractivity contribution >= 4 is 11.6 Å². The fraction of sp³-hybridized carbons (Fsp3) is 0.368. The Labute approximate surface area is 138 Å². The van der Waals surface area contributed by atoms with Gasteiger partial charge in [-0.05, 0) is 55.7 Å². The van der Waals surface area contributed by atoms with E-state index in [-0.39, 0.29) is 6.10 Å². The van der Waals surface area contributed by atoms with E-state index in [1.165, 1.54) is 5.56 Å². The van der Waals surface area contributed by atoms with E-state index in [0.29, 0.717) is 10.8 Å². The fourth-order valence-electron chi connectivity index (χ4n) is 2.44. The van der Waals surface area contributed by atoms with E-state index in [1.807, 2.05) is 38.1 Å². The van der Waals surface area contributed by atoms with Gasteiger partial charge >= 0.3 is 0 Å². The van der Waals surface area contributed by atoms with Crippen molar-refractivity contribution in [3.05, 3.63) is 47.0 Å². The molecule has 0 amide bonds. The topological polar surface area (TPSA) is 18.5 Å². The Morgan fingerprint density at radius 3 is 2.36 bits per heavy atom. The van der Waals surface area contributed by atoms with Crippen LogP contribution >= 0.6 is 11.6 Å². The first-order valence-corrected chi connectivity index (χ1v) is 8.06. The maximum Gasteiger partial charge on any atom is 0.138 e. The molecule has 0 aliphatic heterocycles. The predicted octanol–water partition coefficient (Wildman–Crippen LogP) is 5.76. The molecule has 118 valence electrons. The molecule has 0 bridgehead atoms. The van der Waals surface area contributed by atoms with Crippen molar-refractivity contribution in [2.45, 2.75) is 39.7 Å². The van der Waals surface area contributed by atoms with Crippen LogP contribution in [0, 0.1) is 0 Å². The summed E-state index contributed by atoms with van der Waals surface area (Å²) < 4.78 is 11.2. The van der Waals surface area contributed by atoms with Gasteiger partial charge in [0.15, 0.2) is 0 Å². The summed E-state index contributed by atoms with van der Waals surface area (Å²) in [5, 5.41) is 0.620. The first kappa shape index (κ1) is 16.7. The number of halogens is 1. The van der Waals surface area contributed by atoms with E-state index < -0.39 is 0 Å². The van der Waals surface area contributed by atoms with Crippen LogP contribution in [0.5, 0.6) is 11.5 Å². The quantitative estimate of drug-likeness (QED) is 0.674. The molecule has 0 radical (unpaired) electrons. The van der Waals surface area contributed by atoms with Crippen LogP contribution in [-0.4, -0.2) is 13.2 Å². The van der Waals surface area contributed by atoms with Gasteiger partial charge in [0.05, 0.1) is 18.2 Å². The standard InChI is InChI=1S/C19H23ClO2/c1-5-6-14-7-9-18(21-4)16(11-14)15-8-10-19(17(20)12-15)22-13(2)3/h7-13H,5-6H2,1-4H3. The highest BCUT2D eigenvalue weighted by Gasteiger charge is 2.11. The third-order valence-electron chi connectivity index (χ3n) is 3.41. The maximum absolute atomic E-state index is 6.35. The Morgan fingerprint density at radius 2 is 1.77 bits per heavy atom. The average Bonchev–Trinajstić information content (AvgIpc) is 2.49. The largest absolute Gasteiger partial charge is 0.496 e. The molecule has 0 fully saturated rings. The van der Waals surface area contributed by atoms with Gasteiger partial charge in [-0.1, -0.05) is 37.1 Å². The molecule has 0 heterocycles. The maximum atomic E-state index is 6.35. The summed E-state index contributed by atoms with van der Waals surface area (Å²) in [6, 6.07) is 12.2. The smallest absolute Gasteiger partial charge is 0.138 e. The molecular weight excluding hydrogens is 296 g/mol. The van der Waals surface area contributed by atoms with Gasteiger partial charge in [0.1, 0.15) is 11.5 Å². The Morgan fingerprint density at radius 1 is 1.05 bits per heavy atom. The number of aryl methyl sites for hydroxylation is 1. The average molecular weight is 319 g/mol. The SMILES string of the molecule is CCCc1ccc(OC)c(-c2ccc(OC(C)C)c(Cl)c2)c1. The Bertz CT molecular complexity index is 635. The summed E-state index contributed by atoms with van der Waals surface area (Å²) in [5.74, 6) is 1.57. The fourth-order valence-corrected chi connectivity index (χ4v) is 2.67. The molecule has 2 aromatic carbocycles. The van der Waals surface area contributed by atoms with Gasteiger partial charge in [-0.2, -0.15) is 0 Å². The van der Waals surface area contributed by atoms with E-state index in [2.05, 4.69) is 19.1 Å². The second-order valence-corrected chi connectivity index (χ2v) is 6.00. The van der Waals surface area contributed by atoms with Crippen LogP contribution in [0.2, 0.25) is 5.02 Å². The molecule has 0 saturated carbocycles. The number of methoxy groups -OCH3 is 1. The van der Waals surface area contributed by atoms with Gasteiger partial charge in [-0.15, -0.1) is 0 Å². The van der Waals surface area contributed by atoms with Crippen molar-refractivity contribution in [1.82, 2.24) is 0 Å². The van der Waals surface area contributed by atoms with Gasteiger partial charge in [0, 0.05) is 5.56 Å². The lowest BCUT2D eigenvalue weighted by Gasteiger charge is -2.14. The molecule has 0 aliphatic carbocycles. The molecule has 0 atom stereocenters. The second-order valence-electron chi connectivity index (χ2n) is 5.60. The van der Waals surface area contributed by atoms with Crippen molar-refractivity contribution in [2.75, 3.05) is 7.11 Å². The summed E-state index contributed by atoms with van der Waals surface area (Å²) in [4.78, 5) is 0. The van der Waals surface area contributed by atoms with Crippen LogP contribution in [-0.2, 0) is 6.42 Å². The van der Waals surface area contributed by atoms with Crippen molar-refractivity contribution in [2.24, 2.45) is 0 Å². The third-order valence-corrected chi connectivity index (χ3v) is 3.70. The molecule has 22 heavy (non-hydrogen) atoms. The lowest BCUT2D eigenvalue weighted by molar-refractivity contribution is 0.242. The molecule has 3 heteroatoms. The van der Waals surface area contributed by atoms with E-state index >= 15 is 0 Å². The Hall–Kier alpha value is -1.67. The highest BCUT2D eigenvalue weighted by molar-refractivity contribution is 6.32. The van der Waals surface area contributed by atoms with Crippen LogP contribution in [0.1, 0.15) is 32.8 Å². The number of hydrogen-bond acceptors (Lipinski definition) is 2. The number of benzene rings is 2. The summed E-state index contributed by atoms with van der Waals surface area (Å²) in [6.45, 7) is 6.15. The van der Waals surface area contributed by atoms with Gasteiger partial charge in [-0.3, -0.25) is 0 Å². The monoisotopic (exact) mass is 318 g/mol. The molecule has 0 N–H and O–H groups in total. The summed E-state index contributed by atoms with van der Waals surface area (Å²) in [5.41, 5.74) is 3.40. The molecule has 0 saturated heterocycles. The number of rotatable bonds is 6. The zero-order valence-corrected chi connectivity index (χ0v) is 14.4. The van der Waals surface area contributed by atoms with Gasteiger partial charge in [-0.25, -0.2) is 0 Å². The minimum Gasteiger partial charge on any atom is -0.496 e. The second kappa shape index (κ2) is 7.55. The molecule has 2 rings (SSSR count). The highest BCUT2D eigenvalue weighted by Crippen LogP contribution is 2.36. The minimum atomic E-state index is 0.103. The van der Waals surface area contributed by atoms with E-state index in [0.717, 1.165) is 29.7 Å². The van der Waals surface area contributed by atoms with Crippen LogP contribution < -0.4 is 9.47 Å². The third kappa shape index (κ3) is 3.95. The highest BCUT2D eigenvalue weighted by atomic mass is 35.5. The number of ether oxygens (including phenoxy) is 2. The van der Waals surface area contributed by atoms with E-state index in [1.54, 1.807) is 7.11 Å². The molecule has 0 aromatic heterocycles. The van der Waals surface area contributed by atoms with Crippen molar-refractivity contribution in [3.63, 3.8) is 0 Å². The van der Waals surface area contributed by atoms with Crippen LogP contribution in [0.3, 0.4) is 0 Å². The molecule has 2 aromatic rings. The number of hydrogen-bond donors (Lipinski definition) is 0. The van der Waals surface area contributed by atoms with Crippen LogP contribution in [0.25, 0.3) is 11.1 Å². The molecular formula is C19H23ClO2. The molecule has 2 nitrogen and oxygen atoms in total. The minimum absolute atomic E-state index is 0.103. The lowest BCUT2D eigenvalue weighted by Crippen LogP contribution is -2.05. The van der Waals surface area contributed by atoms with E-state index in [9.17, 15) is 0 Å². The Kier molecular flexibility index (Phi) is 5.73. The zero-order valence-electron chi connectivity index (χ0n) is 13.7. The summed E-state index contributed by atoms with van der Waals surface area (Å²) in [7, 11) is 1.69. The van der Waals surface area contributed by atoms with Crippen LogP contribution in [0.4, 0.5) is 0 Å². The first-order valence-electron chi connectivity index (χ1n) is 7.68. The Balaban J connectivity index is 2.42. The lowest BCUT2D eigenvalue weighted by atomic mass is 10.00. The van der Waals surface area contributed by atoms with Gasteiger partial charge in [0.2, 0.25) is 0 Å². The van der Waals surface area contributed by atoms with Gasteiger partial charge < -0.3 is 9.47 Å². The summed E-state index contributed by atoms with van der Waals surface area (Å²) >= 11 is 6.35. The van der Waals surface area contributed by atoms with Gasteiger partial charge in [0.25, 0.3) is 0 Å². The van der Waals surface area contributed by atoms with Crippen molar-refractivity contribution < 1.29 is 9.47 Å². The molecule has 0 aliphatic rings. The normalized spacial score (nSPS) is 10.8. The summed E-state index contributed by atoms with van der Waals surface area (Å²) in [6.07, 6.45) is 2.28. The van der Waals surface area contributed by atoms with E-state index in [4.69, 9.17) is 21.1 Å². The molecule has 0 unspecified atom stereocenters.